The van der Waals surface area contributed by atoms with Crippen LogP contribution in [0.4, 0.5) is 0 Å². The van der Waals surface area contributed by atoms with Crippen LogP contribution in [0, 0.1) is 5.92 Å². The molecule has 0 radical (unpaired) electrons. The first kappa shape index (κ1) is 15.4. The number of rotatable bonds is 6. The molecule has 0 bridgehead atoms. The number of nitrogens with one attached hydrogen (secondary N) is 1. The topological polar surface area (TPSA) is 103 Å². The van der Waals surface area contributed by atoms with E-state index in [9.17, 15) is 4.79 Å². The molecule has 1 amide bonds. The number of hydrogen-bond acceptors (Lipinski definition) is 6. The minimum atomic E-state index is -0.153. The van der Waals surface area contributed by atoms with E-state index < -0.39 is 0 Å². The third-order valence-electron chi connectivity index (χ3n) is 4.29. The van der Waals surface area contributed by atoms with Crippen molar-refractivity contribution in [1.82, 2.24) is 39.8 Å². The van der Waals surface area contributed by atoms with Crippen LogP contribution in [0.1, 0.15) is 42.0 Å². The van der Waals surface area contributed by atoms with Gasteiger partial charge in [0.1, 0.15) is 30.6 Å². The molecule has 3 aromatic rings. The first-order chi connectivity index (χ1) is 12.3. The van der Waals surface area contributed by atoms with Crippen LogP contribution >= 0.6 is 0 Å². The highest BCUT2D eigenvalue weighted by Gasteiger charge is 2.36. The summed E-state index contributed by atoms with van der Waals surface area (Å²) in [6.07, 6.45) is 8.40. The largest absolute Gasteiger partial charge is 0.342 e. The Balaban J connectivity index is 1.57. The maximum Gasteiger partial charge on any atom is 0.252 e. The number of amides is 1. The summed E-state index contributed by atoms with van der Waals surface area (Å²) in [5, 5.41) is 14.9. The van der Waals surface area contributed by atoms with Gasteiger partial charge >= 0.3 is 0 Å². The van der Waals surface area contributed by atoms with Gasteiger partial charge in [0.25, 0.3) is 5.91 Å². The highest BCUT2D eigenvalue weighted by molar-refractivity contribution is 5.94. The van der Waals surface area contributed by atoms with Crippen LogP contribution in [-0.2, 0) is 6.54 Å². The van der Waals surface area contributed by atoms with Gasteiger partial charge in [0.2, 0.25) is 0 Å². The summed E-state index contributed by atoms with van der Waals surface area (Å²) in [6, 6.07) is 3.28. The van der Waals surface area contributed by atoms with Crippen LogP contribution in [0.2, 0.25) is 0 Å². The average Bonchev–Trinajstić information content (AvgIpc) is 3.13. The van der Waals surface area contributed by atoms with Crippen LogP contribution in [0.15, 0.2) is 37.3 Å². The van der Waals surface area contributed by atoms with Gasteiger partial charge in [-0.1, -0.05) is 0 Å². The lowest BCUT2D eigenvalue weighted by Gasteiger charge is -2.18. The number of nitrogens with zero attached hydrogens (tertiary/aromatic N) is 7. The Bertz CT molecular complexity index is 868. The zero-order valence-electron chi connectivity index (χ0n) is 13.8. The predicted molar refractivity (Wildman–Crippen MR) is 87.8 cm³/mol. The fourth-order valence-electron chi connectivity index (χ4n) is 2.82. The van der Waals surface area contributed by atoms with Gasteiger partial charge in [-0.3, -0.25) is 9.36 Å². The molecule has 128 valence electrons. The molecule has 1 aliphatic rings. The molecule has 3 heterocycles. The second-order valence-electron chi connectivity index (χ2n) is 5.99. The number of carbonyl (C=O) groups excluding carboxylic acids is 1. The van der Waals surface area contributed by atoms with Crippen LogP contribution in [0.3, 0.4) is 0 Å². The van der Waals surface area contributed by atoms with Gasteiger partial charge in [0.05, 0.1) is 6.04 Å². The summed E-state index contributed by atoms with van der Waals surface area (Å²) in [7, 11) is 0. The first-order valence-electron chi connectivity index (χ1n) is 8.26. The van der Waals surface area contributed by atoms with Crippen molar-refractivity contribution < 1.29 is 4.79 Å². The lowest BCUT2D eigenvalue weighted by Crippen LogP contribution is -2.32. The third-order valence-corrected chi connectivity index (χ3v) is 4.29. The molecule has 0 saturated heterocycles. The van der Waals surface area contributed by atoms with E-state index in [0.29, 0.717) is 17.3 Å². The summed E-state index contributed by atoms with van der Waals surface area (Å²) in [5.74, 6) is 1.67. The molecule has 1 N–H and O–H groups in total. The molecule has 1 saturated carbocycles. The summed E-state index contributed by atoms with van der Waals surface area (Å²) >= 11 is 0. The van der Waals surface area contributed by atoms with E-state index in [0.717, 1.165) is 25.2 Å². The van der Waals surface area contributed by atoms with Crippen molar-refractivity contribution in [1.29, 1.82) is 0 Å². The van der Waals surface area contributed by atoms with E-state index in [1.54, 1.807) is 35.6 Å². The van der Waals surface area contributed by atoms with E-state index in [1.165, 1.54) is 6.33 Å². The maximum atomic E-state index is 12.8. The van der Waals surface area contributed by atoms with Crippen molar-refractivity contribution in [2.24, 2.45) is 5.92 Å². The molecule has 3 aromatic heterocycles. The number of pyridine rings is 1. The number of carbonyl (C=O) groups is 1. The monoisotopic (exact) mass is 338 g/mol. The zero-order chi connectivity index (χ0) is 17.2. The molecule has 4 rings (SSSR count). The molecule has 1 aliphatic carbocycles. The van der Waals surface area contributed by atoms with E-state index in [1.807, 2.05) is 11.6 Å². The normalized spacial score (nSPS) is 15.1. The number of aromatic nitrogens is 7. The SMILES string of the molecule is CCn1ncnc1[C@@H](NC(=O)c1ccnc(-n2cnnc2)c1)C1CC1. The summed E-state index contributed by atoms with van der Waals surface area (Å²) in [5.41, 5.74) is 0.534. The highest BCUT2D eigenvalue weighted by atomic mass is 16.1. The van der Waals surface area contributed by atoms with Gasteiger partial charge in [-0.15, -0.1) is 10.2 Å². The smallest absolute Gasteiger partial charge is 0.252 e. The highest BCUT2D eigenvalue weighted by Crippen LogP contribution is 2.40. The van der Waals surface area contributed by atoms with E-state index in [2.05, 4.69) is 30.6 Å². The van der Waals surface area contributed by atoms with Crippen LogP contribution in [0.5, 0.6) is 0 Å². The molecule has 0 spiro atoms. The molecular formula is C16H18N8O. The Labute approximate surface area is 144 Å². The van der Waals surface area contributed by atoms with Gasteiger partial charge < -0.3 is 5.32 Å². The second kappa shape index (κ2) is 6.42. The Kier molecular flexibility index (Phi) is 3.96. The number of hydrogen-bond donors (Lipinski definition) is 1. The molecule has 0 aromatic carbocycles. The van der Waals surface area contributed by atoms with Gasteiger partial charge in [-0.25, -0.2) is 14.6 Å². The Hall–Kier alpha value is -3.10. The quantitative estimate of drug-likeness (QED) is 0.723. The second-order valence-corrected chi connectivity index (χ2v) is 5.99. The van der Waals surface area contributed by atoms with Crippen molar-refractivity contribution in [2.75, 3.05) is 0 Å². The van der Waals surface area contributed by atoms with Crippen LogP contribution in [-0.4, -0.2) is 40.4 Å². The van der Waals surface area contributed by atoms with Crippen molar-refractivity contribution in [3.05, 3.63) is 48.7 Å². The van der Waals surface area contributed by atoms with Crippen molar-refractivity contribution in [3.63, 3.8) is 0 Å². The molecule has 9 heteroatoms. The van der Waals surface area contributed by atoms with Crippen molar-refractivity contribution in [3.8, 4) is 5.82 Å². The summed E-state index contributed by atoms with van der Waals surface area (Å²) in [4.78, 5) is 21.4. The fourth-order valence-corrected chi connectivity index (χ4v) is 2.82. The van der Waals surface area contributed by atoms with Crippen molar-refractivity contribution >= 4 is 5.91 Å². The van der Waals surface area contributed by atoms with Gasteiger partial charge in [0, 0.05) is 18.3 Å². The van der Waals surface area contributed by atoms with Gasteiger partial charge in [0.15, 0.2) is 0 Å². The van der Waals surface area contributed by atoms with Gasteiger partial charge in [-0.2, -0.15) is 5.10 Å². The Morgan fingerprint density at radius 2 is 2.12 bits per heavy atom. The van der Waals surface area contributed by atoms with Crippen LogP contribution in [0.25, 0.3) is 5.82 Å². The zero-order valence-corrected chi connectivity index (χ0v) is 13.8. The minimum Gasteiger partial charge on any atom is -0.342 e. The molecular weight excluding hydrogens is 320 g/mol. The Morgan fingerprint density at radius 3 is 2.84 bits per heavy atom. The predicted octanol–water partition coefficient (Wildman–Crippen LogP) is 1.15. The van der Waals surface area contributed by atoms with E-state index >= 15 is 0 Å². The van der Waals surface area contributed by atoms with E-state index in [-0.39, 0.29) is 11.9 Å². The lowest BCUT2D eigenvalue weighted by molar-refractivity contribution is 0.0928. The van der Waals surface area contributed by atoms with E-state index in [4.69, 9.17) is 0 Å². The molecule has 9 nitrogen and oxygen atoms in total. The molecule has 0 unspecified atom stereocenters. The average molecular weight is 338 g/mol. The van der Waals surface area contributed by atoms with Crippen LogP contribution < -0.4 is 5.32 Å². The third kappa shape index (κ3) is 3.12. The summed E-state index contributed by atoms with van der Waals surface area (Å²) < 4.78 is 3.49. The molecule has 25 heavy (non-hydrogen) atoms. The standard InChI is InChI=1S/C16H18N8O/c1-2-24-15(18-8-21-24)14(11-3-4-11)22-16(25)12-5-6-17-13(7-12)23-9-19-20-10-23/h5-11,14H,2-4H2,1H3,(H,22,25)/t14-/m0/s1. The lowest BCUT2D eigenvalue weighted by atomic mass is 10.1. The first-order valence-corrected chi connectivity index (χ1v) is 8.26. The molecule has 1 fully saturated rings. The Morgan fingerprint density at radius 1 is 1.32 bits per heavy atom. The minimum absolute atomic E-state index is 0.124. The maximum absolute atomic E-state index is 12.8. The molecule has 0 aliphatic heterocycles. The molecule has 1 atom stereocenters. The van der Waals surface area contributed by atoms with Gasteiger partial charge in [-0.05, 0) is 37.8 Å². The number of aryl methyl sites for hydroxylation is 1. The fraction of sp³-hybridized carbons (Fsp3) is 0.375. The summed E-state index contributed by atoms with van der Waals surface area (Å²) in [6.45, 7) is 2.74. The van der Waals surface area contributed by atoms with Crippen molar-refractivity contribution in [2.45, 2.75) is 32.4 Å².